The largest absolute Gasteiger partial charge is 0.379 e. The summed E-state index contributed by atoms with van der Waals surface area (Å²) in [6.45, 7) is 4.78. The van der Waals surface area contributed by atoms with E-state index in [2.05, 4.69) is 10.0 Å². The number of hydrogen-bond acceptors (Lipinski definition) is 8. The average Bonchev–Trinajstić information content (AvgIpc) is 2.91. The van der Waals surface area contributed by atoms with Crippen molar-refractivity contribution < 1.29 is 22.3 Å². The summed E-state index contributed by atoms with van der Waals surface area (Å²) < 4.78 is 47.8. The number of thioether (sulfide) groups is 1. The smallest absolute Gasteiger partial charge is 0.266 e. The third-order valence-corrected chi connectivity index (χ3v) is 9.66. The van der Waals surface area contributed by atoms with E-state index in [9.17, 15) is 22.9 Å². The standard InChI is InChI=1S/C28H36ClFN4O4S2/c1-19(2)28(12-5-6-14-38-28)27(35)33-40(36,37)24-15-20(17-31)26(25(29)16-24)32-22(11-13-34(3)4)18-39-23-9-7-21(30)8-10-23/h7-10,15-16,19,22,32H,5-6,11-14,18H2,1-4H3,(H,33,35)/t22-,28-/m1/s1. The number of anilines is 1. The van der Waals surface area contributed by atoms with Gasteiger partial charge in [0.25, 0.3) is 15.9 Å². The first-order valence-electron chi connectivity index (χ1n) is 13.1. The van der Waals surface area contributed by atoms with E-state index in [4.69, 9.17) is 16.3 Å². The van der Waals surface area contributed by atoms with Gasteiger partial charge < -0.3 is 15.0 Å². The van der Waals surface area contributed by atoms with Crippen LogP contribution in [0.5, 0.6) is 0 Å². The number of amides is 1. The van der Waals surface area contributed by atoms with Gasteiger partial charge in [-0.1, -0.05) is 25.4 Å². The van der Waals surface area contributed by atoms with Crippen LogP contribution in [0.25, 0.3) is 0 Å². The number of carbonyl (C=O) groups is 1. The summed E-state index contributed by atoms with van der Waals surface area (Å²) in [7, 11) is -0.432. The predicted octanol–water partition coefficient (Wildman–Crippen LogP) is 5.28. The molecule has 0 aromatic heterocycles. The van der Waals surface area contributed by atoms with Crippen molar-refractivity contribution in [1.82, 2.24) is 9.62 Å². The molecule has 0 unspecified atom stereocenters. The number of hydrogen-bond donors (Lipinski definition) is 2. The molecule has 3 rings (SSSR count). The quantitative estimate of drug-likeness (QED) is 0.313. The first-order valence-corrected chi connectivity index (χ1v) is 16.0. The lowest BCUT2D eigenvalue weighted by Gasteiger charge is -2.38. The normalized spacial score (nSPS) is 18.4. The van der Waals surface area contributed by atoms with E-state index in [0.717, 1.165) is 24.3 Å². The van der Waals surface area contributed by atoms with Crippen molar-refractivity contribution >= 4 is 45.0 Å². The van der Waals surface area contributed by atoms with Gasteiger partial charge in [0.2, 0.25) is 0 Å². The molecule has 1 aliphatic heterocycles. The minimum absolute atomic E-state index is 0.0365. The molecule has 0 saturated carbocycles. The predicted molar refractivity (Wildman–Crippen MR) is 157 cm³/mol. The van der Waals surface area contributed by atoms with Crippen LogP contribution in [0.3, 0.4) is 0 Å². The Hall–Kier alpha value is -2.36. The Morgan fingerprint density at radius 1 is 1.25 bits per heavy atom. The van der Waals surface area contributed by atoms with Crippen molar-refractivity contribution in [3.63, 3.8) is 0 Å². The minimum atomic E-state index is -4.34. The van der Waals surface area contributed by atoms with Gasteiger partial charge in [0, 0.05) is 23.3 Å². The summed E-state index contributed by atoms with van der Waals surface area (Å²) in [4.78, 5) is 15.8. The topological polar surface area (TPSA) is 112 Å². The number of halogens is 2. The molecule has 8 nitrogen and oxygen atoms in total. The van der Waals surface area contributed by atoms with Crippen LogP contribution in [0.2, 0.25) is 5.02 Å². The molecule has 0 radical (unpaired) electrons. The van der Waals surface area contributed by atoms with Gasteiger partial charge in [-0.05, 0) is 88.6 Å². The first kappa shape index (κ1) is 32.2. The van der Waals surface area contributed by atoms with E-state index < -0.39 is 21.5 Å². The Morgan fingerprint density at radius 2 is 1.95 bits per heavy atom. The zero-order valence-corrected chi connectivity index (χ0v) is 25.6. The van der Waals surface area contributed by atoms with Gasteiger partial charge in [0.15, 0.2) is 0 Å². The van der Waals surface area contributed by atoms with Crippen LogP contribution >= 0.6 is 23.4 Å². The molecule has 2 aromatic rings. The molecule has 12 heteroatoms. The van der Waals surface area contributed by atoms with E-state index in [-0.39, 0.29) is 33.3 Å². The van der Waals surface area contributed by atoms with Crippen LogP contribution in [0, 0.1) is 23.1 Å². The molecular formula is C28H36ClFN4O4S2. The van der Waals surface area contributed by atoms with Crippen molar-refractivity contribution in [1.29, 1.82) is 5.26 Å². The molecule has 0 aliphatic carbocycles. The molecule has 40 heavy (non-hydrogen) atoms. The molecule has 2 N–H and O–H groups in total. The van der Waals surface area contributed by atoms with Crippen LogP contribution in [-0.4, -0.2) is 63.9 Å². The highest BCUT2D eigenvalue weighted by molar-refractivity contribution is 7.99. The number of ether oxygens (including phenoxy) is 1. The summed E-state index contributed by atoms with van der Waals surface area (Å²) in [5.41, 5.74) is -0.891. The molecule has 1 saturated heterocycles. The summed E-state index contributed by atoms with van der Waals surface area (Å²) in [6, 6.07) is 10.5. The van der Waals surface area contributed by atoms with Gasteiger partial charge in [-0.3, -0.25) is 4.79 Å². The van der Waals surface area contributed by atoms with Gasteiger partial charge in [0.1, 0.15) is 17.5 Å². The Labute approximate surface area is 245 Å². The fourth-order valence-corrected chi connectivity index (χ4v) is 6.89. The third-order valence-electron chi connectivity index (χ3n) is 6.88. The van der Waals surface area contributed by atoms with Crippen molar-refractivity contribution in [3.8, 4) is 6.07 Å². The van der Waals surface area contributed by atoms with Gasteiger partial charge >= 0.3 is 0 Å². The Bertz CT molecular complexity index is 1330. The van der Waals surface area contributed by atoms with Crippen LogP contribution in [0.4, 0.5) is 10.1 Å². The van der Waals surface area contributed by atoms with Crippen LogP contribution in [0.15, 0.2) is 46.2 Å². The van der Waals surface area contributed by atoms with Crippen molar-refractivity contribution in [2.24, 2.45) is 5.92 Å². The maximum Gasteiger partial charge on any atom is 0.266 e. The molecule has 218 valence electrons. The van der Waals surface area contributed by atoms with Crippen molar-refractivity contribution in [3.05, 3.63) is 52.8 Å². The van der Waals surface area contributed by atoms with E-state index in [1.807, 2.05) is 38.9 Å². The lowest BCUT2D eigenvalue weighted by Crippen LogP contribution is -2.55. The second-order valence-corrected chi connectivity index (χ2v) is 13.6. The number of sulfonamides is 1. The van der Waals surface area contributed by atoms with E-state index in [1.165, 1.54) is 36.0 Å². The number of nitriles is 1. The number of carbonyl (C=O) groups excluding carboxylic acids is 1. The van der Waals surface area contributed by atoms with Gasteiger partial charge in [-0.2, -0.15) is 5.26 Å². The monoisotopic (exact) mass is 610 g/mol. The van der Waals surface area contributed by atoms with Crippen LogP contribution in [-0.2, 0) is 19.6 Å². The molecule has 1 aliphatic rings. The second-order valence-electron chi connectivity index (χ2n) is 10.4. The first-order chi connectivity index (χ1) is 18.9. The van der Waals surface area contributed by atoms with Crippen LogP contribution in [0.1, 0.15) is 45.1 Å². The molecule has 0 bridgehead atoms. The molecule has 1 fully saturated rings. The third kappa shape index (κ3) is 8.10. The summed E-state index contributed by atoms with van der Waals surface area (Å²) in [5.74, 6) is -0.678. The highest BCUT2D eigenvalue weighted by Crippen LogP contribution is 2.34. The SMILES string of the molecule is CC(C)[C@@]1(C(=O)NS(=O)(=O)c2cc(Cl)c(N[C@H](CCN(C)C)CSc3ccc(F)cc3)c(C#N)c2)CCCCO1. The van der Waals surface area contributed by atoms with Crippen LogP contribution < -0.4 is 10.0 Å². The molecule has 0 spiro atoms. The zero-order valence-electron chi connectivity index (χ0n) is 23.2. The number of nitrogens with one attached hydrogen (secondary N) is 2. The lowest BCUT2D eigenvalue weighted by molar-refractivity contribution is -0.160. The average molecular weight is 611 g/mol. The van der Waals surface area contributed by atoms with Gasteiger partial charge in [0.05, 0.1) is 21.2 Å². The highest BCUT2D eigenvalue weighted by Gasteiger charge is 2.45. The number of nitrogens with zero attached hydrogens (tertiary/aromatic N) is 2. The van der Waals surface area contributed by atoms with Crippen molar-refractivity contribution in [2.45, 2.75) is 61.0 Å². The fourth-order valence-electron chi connectivity index (χ4n) is 4.49. The Kier molecular flexibility index (Phi) is 11.3. The molecule has 1 amide bonds. The molecular weight excluding hydrogens is 575 g/mol. The fraction of sp³-hybridized carbons (Fsp3) is 0.500. The molecule has 2 aromatic carbocycles. The van der Waals surface area contributed by atoms with E-state index in [1.54, 1.807) is 12.1 Å². The van der Waals surface area contributed by atoms with Gasteiger partial charge in [-0.25, -0.2) is 17.5 Å². The number of benzene rings is 2. The lowest BCUT2D eigenvalue weighted by atomic mass is 9.83. The van der Waals surface area contributed by atoms with Crippen molar-refractivity contribution in [2.75, 3.05) is 38.3 Å². The Balaban J connectivity index is 1.84. The zero-order chi connectivity index (χ0) is 29.5. The molecule has 1 heterocycles. The highest BCUT2D eigenvalue weighted by atomic mass is 35.5. The van der Waals surface area contributed by atoms with Gasteiger partial charge in [-0.15, -0.1) is 11.8 Å². The van der Waals surface area contributed by atoms with E-state index >= 15 is 0 Å². The second kappa shape index (κ2) is 14.0. The summed E-state index contributed by atoms with van der Waals surface area (Å²) >= 11 is 8.08. The maximum atomic E-state index is 13.3. The van der Waals surface area contributed by atoms with E-state index in [0.29, 0.717) is 30.9 Å². The maximum absolute atomic E-state index is 13.3. The Morgan fingerprint density at radius 3 is 2.52 bits per heavy atom. The minimum Gasteiger partial charge on any atom is -0.379 e. The summed E-state index contributed by atoms with van der Waals surface area (Å²) in [6.07, 6.45) is 2.69. The molecule has 2 atom stereocenters. The number of rotatable bonds is 12. The summed E-state index contributed by atoms with van der Waals surface area (Å²) in [5, 5.41) is 13.3.